The molecule has 0 aliphatic carbocycles. The second-order valence-corrected chi connectivity index (χ2v) is 6.69. The predicted octanol–water partition coefficient (Wildman–Crippen LogP) is 4.89. The normalized spacial score (nSPS) is 15.1. The topological polar surface area (TPSA) is 6.48 Å². The molecule has 1 aromatic rings. The van der Waals surface area contributed by atoms with Crippen molar-refractivity contribution in [2.24, 2.45) is 0 Å². The molecule has 0 bridgehead atoms. The van der Waals surface area contributed by atoms with Crippen molar-refractivity contribution < 1.29 is 0 Å². The van der Waals surface area contributed by atoms with Gasteiger partial charge in [-0.25, -0.2) is 0 Å². The number of anilines is 1. The molecule has 0 saturated carbocycles. The maximum atomic E-state index is 5.64. The summed E-state index contributed by atoms with van der Waals surface area (Å²) in [6.45, 7) is 6.58. The summed E-state index contributed by atoms with van der Waals surface area (Å²) in [7, 11) is 0. The molecule has 0 spiro atoms. The molecule has 2 rings (SSSR count). The van der Waals surface area contributed by atoms with Crippen molar-refractivity contribution in [3.63, 3.8) is 0 Å². The first kappa shape index (κ1) is 17.3. The number of unbranched alkanes of at least 4 members (excludes halogenated alkanes) is 5. The van der Waals surface area contributed by atoms with Crippen LogP contribution in [0.3, 0.4) is 0 Å². The molecule has 22 heavy (non-hydrogen) atoms. The maximum absolute atomic E-state index is 5.64. The average Bonchev–Trinajstić information content (AvgIpc) is 2.59. The summed E-state index contributed by atoms with van der Waals surface area (Å²) < 4.78 is 0. The van der Waals surface area contributed by atoms with Crippen molar-refractivity contribution in [1.29, 1.82) is 0 Å². The van der Waals surface area contributed by atoms with Crippen LogP contribution in [-0.4, -0.2) is 36.1 Å². The quantitative estimate of drug-likeness (QED) is 0.498. The SMILES string of the molecule is CCCCCCCCC(=S)N1CCN(c2ccccc2)CC1. The molecule has 1 heterocycles. The third-order valence-electron chi connectivity index (χ3n) is 4.50. The molecule has 1 aromatic carbocycles. The molecule has 1 fully saturated rings. The smallest absolute Gasteiger partial charge is 0.0780 e. The Morgan fingerprint density at radius 3 is 2.23 bits per heavy atom. The molecule has 0 aromatic heterocycles. The van der Waals surface area contributed by atoms with Crippen LogP contribution in [0.2, 0.25) is 0 Å². The standard InChI is InChI=1S/C19H30N2S/c1-2-3-4-5-6-10-13-19(22)21-16-14-20(15-17-21)18-11-8-7-9-12-18/h7-9,11-12H,2-6,10,13-17H2,1H3. The van der Waals surface area contributed by atoms with Crippen LogP contribution in [0.15, 0.2) is 30.3 Å². The van der Waals surface area contributed by atoms with Gasteiger partial charge in [0, 0.05) is 31.9 Å². The highest BCUT2D eigenvalue weighted by molar-refractivity contribution is 7.80. The van der Waals surface area contributed by atoms with Gasteiger partial charge < -0.3 is 9.80 Å². The number of benzene rings is 1. The van der Waals surface area contributed by atoms with E-state index in [-0.39, 0.29) is 0 Å². The van der Waals surface area contributed by atoms with E-state index in [9.17, 15) is 0 Å². The fraction of sp³-hybridized carbons (Fsp3) is 0.632. The minimum Gasteiger partial charge on any atom is -0.368 e. The highest BCUT2D eigenvalue weighted by Crippen LogP contribution is 2.17. The molecule has 0 radical (unpaired) electrons. The number of nitrogens with zero attached hydrogens (tertiary/aromatic N) is 2. The fourth-order valence-corrected chi connectivity index (χ4v) is 3.39. The molecule has 0 N–H and O–H groups in total. The molecule has 1 saturated heterocycles. The van der Waals surface area contributed by atoms with Gasteiger partial charge in [0.15, 0.2) is 0 Å². The predicted molar refractivity (Wildman–Crippen MR) is 101 cm³/mol. The Balaban J connectivity index is 1.63. The molecular weight excluding hydrogens is 288 g/mol. The summed E-state index contributed by atoms with van der Waals surface area (Å²) in [5.74, 6) is 0. The largest absolute Gasteiger partial charge is 0.368 e. The third-order valence-corrected chi connectivity index (χ3v) is 4.96. The van der Waals surface area contributed by atoms with E-state index in [0.29, 0.717) is 0 Å². The minimum absolute atomic E-state index is 1.07. The highest BCUT2D eigenvalue weighted by Gasteiger charge is 2.18. The first-order chi connectivity index (χ1) is 10.8. The molecule has 0 unspecified atom stereocenters. The lowest BCUT2D eigenvalue weighted by molar-refractivity contribution is 0.383. The molecular formula is C19H30N2S. The van der Waals surface area contributed by atoms with Crippen molar-refractivity contribution in [3.05, 3.63) is 30.3 Å². The van der Waals surface area contributed by atoms with Crippen LogP contribution in [-0.2, 0) is 0 Å². The van der Waals surface area contributed by atoms with E-state index in [0.717, 1.165) is 32.6 Å². The maximum Gasteiger partial charge on any atom is 0.0780 e. The van der Waals surface area contributed by atoms with E-state index >= 15 is 0 Å². The Labute approximate surface area is 141 Å². The Kier molecular flexibility index (Phi) is 7.72. The van der Waals surface area contributed by atoms with Crippen LogP contribution in [0.1, 0.15) is 51.9 Å². The Morgan fingerprint density at radius 2 is 1.55 bits per heavy atom. The van der Waals surface area contributed by atoms with Gasteiger partial charge in [-0.1, -0.05) is 69.4 Å². The van der Waals surface area contributed by atoms with Crippen LogP contribution in [0, 0.1) is 0 Å². The first-order valence-electron chi connectivity index (χ1n) is 8.89. The van der Waals surface area contributed by atoms with Crippen molar-refractivity contribution >= 4 is 22.9 Å². The molecule has 3 heteroatoms. The van der Waals surface area contributed by atoms with Crippen molar-refractivity contribution in [1.82, 2.24) is 4.90 Å². The van der Waals surface area contributed by atoms with Crippen LogP contribution < -0.4 is 4.90 Å². The summed E-state index contributed by atoms with van der Waals surface area (Å²) in [5.41, 5.74) is 1.34. The van der Waals surface area contributed by atoms with Crippen molar-refractivity contribution in [2.45, 2.75) is 51.9 Å². The van der Waals surface area contributed by atoms with Gasteiger partial charge in [0.1, 0.15) is 0 Å². The number of hydrogen-bond acceptors (Lipinski definition) is 2. The fourth-order valence-electron chi connectivity index (χ4n) is 3.07. The third kappa shape index (κ3) is 5.60. The molecule has 2 nitrogen and oxygen atoms in total. The second kappa shape index (κ2) is 9.83. The summed E-state index contributed by atoms with van der Waals surface area (Å²) in [6.07, 6.45) is 9.17. The van der Waals surface area contributed by atoms with Gasteiger partial charge in [0.25, 0.3) is 0 Å². The van der Waals surface area contributed by atoms with E-state index in [1.165, 1.54) is 49.2 Å². The van der Waals surface area contributed by atoms with Gasteiger partial charge in [0.2, 0.25) is 0 Å². The van der Waals surface area contributed by atoms with E-state index in [1.54, 1.807) is 0 Å². The first-order valence-corrected chi connectivity index (χ1v) is 9.30. The number of rotatable bonds is 8. The highest BCUT2D eigenvalue weighted by atomic mass is 32.1. The van der Waals surface area contributed by atoms with E-state index in [4.69, 9.17) is 12.2 Å². The Morgan fingerprint density at radius 1 is 0.909 bits per heavy atom. The van der Waals surface area contributed by atoms with Crippen LogP contribution in [0.4, 0.5) is 5.69 Å². The van der Waals surface area contributed by atoms with E-state index in [2.05, 4.69) is 47.1 Å². The Hall–Kier alpha value is -1.09. The van der Waals surface area contributed by atoms with Crippen LogP contribution in [0.25, 0.3) is 0 Å². The summed E-state index contributed by atoms with van der Waals surface area (Å²) in [6, 6.07) is 10.7. The second-order valence-electron chi connectivity index (χ2n) is 6.22. The monoisotopic (exact) mass is 318 g/mol. The lowest BCUT2D eigenvalue weighted by Gasteiger charge is -2.37. The van der Waals surface area contributed by atoms with E-state index < -0.39 is 0 Å². The number of hydrogen-bond donors (Lipinski definition) is 0. The van der Waals surface area contributed by atoms with E-state index in [1.807, 2.05) is 0 Å². The average molecular weight is 319 g/mol. The molecule has 122 valence electrons. The molecule has 0 atom stereocenters. The van der Waals surface area contributed by atoms with Crippen LogP contribution in [0.5, 0.6) is 0 Å². The van der Waals surface area contributed by atoms with Gasteiger partial charge >= 0.3 is 0 Å². The summed E-state index contributed by atoms with van der Waals surface area (Å²) >= 11 is 5.64. The van der Waals surface area contributed by atoms with Gasteiger partial charge in [-0.2, -0.15) is 0 Å². The molecule has 0 amide bonds. The zero-order valence-electron chi connectivity index (χ0n) is 14.0. The van der Waals surface area contributed by atoms with Gasteiger partial charge in [-0.3, -0.25) is 0 Å². The number of piperazine rings is 1. The zero-order chi connectivity index (χ0) is 15.6. The van der Waals surface area contributed by atoms with Crippen molar-refractivity contribution in [3.8, 4) is 0 Å². The summed E-state index contributed by atoms with van der Waals surface area (Å²) in [4.78, 5) is 6.06. The van der Waals surface area contributed by atoms with Crippen molar-refractivity contribution in [2.75, 3.05) is 31.1 Å². The summed E-state index contributed by atoms with van der Waals surface area (Å²) in [5, 5.41) is 0. The lowest BCUT2D eigenvalue weighted by Crippen LogP contribution is -2.48. The zero-order valence-corrected chi connectivity index (χ0v) is 14.8. The number of para-hydroxylation sites is 1. The lowest BCUT2D eigenvalue weighted by atomic mass is 10.1. The van der Waals surface area contributed by atoms with Crippen LogP contribution >= 0.6 is 12.2 Å². The molecule has 1 aliphatic rings. The Bertz CT molecular complexity index is 424. The van der Waals surface area contributed by atoms with Gasteiger partial charge in [-0.05, 0) is 25.0 Å². The molecule has 1 aliphatic heterocycles. The number of thiocarbonyl (C=S) groups is 1. The van der Waals surface area contributed by atoms with Gasteiger partial charge in [0.05, 0.1) is 4.99 Å². The van der Waals surface area contributed by atoms with Gasteiger partial charge in [-0.15, -0.1) is 0 Å². The minimum atomic E-state index is 1.07.